The van der Waals surface area contributed by atoms with E-state index in [2.05, 4.69) is 26.8 Å². The molecule has 0 aromatic heterocycles. The highest BCUT2D eigenvalue weighted by Crippen LogP contribution is 2.35. The van der Waals surface area contributed by atoms with Gasteiger partial charge in [0.25, 0.3) is 0 Å². The number of ether oxygens (including phenoxy) is 1. The van der Waals surface area contributed by atoms with Crippen molar-refractivity contribution in [2.45, 2.75) is 65.2 Å². The second kappa shape index (κ2) is 6.51. The first-order chi connectivity index (χ1) is 9.91. The van der Waals surface area contributed by atoms with Crippen molar-refractivity contribution in [3.63, 3.8) is 0 Å². The summed E-state index contributed by atoms with van der Waals surface area (Å²) in [4.78, 5) is 22.2. The van der Waals surface area contributed by atoms with Gasteiger partial charge in [-0.25, -0.2) is 0 Å². The van der Waals surface area contributed by atoms with E-state index in [0.29, 0.717) is 5.75 Å². The van der Waals surface area contributed by atoms with Crippen LogP contribution in [-0.4, -0.2) is 11.9 Å². The molecule has 0 aliphatic carbocycles. The summed E-state index contributed by atoms with van der Waals surface area (Å²) in [5.74, 6) is -1.32. The minimum absolute atomic E-state index is 0.00246. The van der Waals surface area contributed by atoms with Crippen LogP contribution in [0.4, 0.5) is 0 Å². The van der Waals surface area contributed by atoms with Gasteiger partial charge in [-0.2, -0.15) is 0 Å². The molecule has 22 heavy (non-hydrogen) atoms. The monoisotopic (exact) mass is 305 g/mol. The molecule has 122 valence electrons. The molecule has 1 rings (SSSR count). The average molecular weight is 305 g/mol. The third-order valence-electron chi connectivity index (χ3n) is 3.41. The maximum absolute atomic E-state index is 11.8. The van der Waals surface area contributed by atoms with Crippen LogP contribution in [0.2, 0.25) is 0 Å². The van der Waals surface area contributed by atoms with E-state index in [1.54, 1.807) is 6.07 Å². The van der Waals surface area contributed by atoms with Crippen molar-refractivity contribution >= 4 is 11.9 Å². The summed E-state index contributed by atoms with van der Waals surface area (Å²) in [6.07, 6.45) is -0.517. The van der Waals surface area contributed by atoms with Crippen LogP contribution in [0.5, 0.6) is 5.75 Å². The number of carbonyl (C=O) groups excluding carboxylic acids is 2. The minimum Gasteiger partial charge on any atom is -0.550 e. The minimum atomic E-state index is -1.25. The van der Waals surface area contributed by atoms with Gasteiger partial charge in [0.15, 0.2) is 0 Å². The van der Waals surface area contributed by atoms with E-state index in [9.17, 15) is 14.7 Å². The normalized spacial score (nSPS) is 12.1. The van der Waals surface area contributed by atoms with E-state index in [4.69, 9.17) is 4.74 Å². The lowest BCUT2D eigenvalue weighted by molar-refractivity contribution is -0.305. The fraction of sp³-hybridized carbons (Fsp3) is 0.556. The number of rotatable bonds is 4. The van der Waals surface area contributed by atoms with Crippen molar-refractivity contribution < 1.29 is 19.4 Å². The molecule has 0 aliphatic heterocycles. The molecule has 0 amide bonds. The van der Waals surface area contributed by atoms with Crippen molar-refractivity contribution in [3.8, 4) is 5.75 Å². The Morgan fingerprint density at radius 3 is 2.05 bits per heavy atom. The second-order valence-electron chi connectivity index (χ2n) is 7.56. The number of benzene rings is 1. The fourth-order valence-electron chi connectivity index (χ4n) is 2.05. The molecule has 0 N–H and O–H groups in total. The summed E-state index contributed by atoms with van der Waals surface area (Å²) < 4.78 is 5.36. The van der Waals surface area contributed by atoms with Crippen LogP contribution in [0.25, 0.3) is 0 Å². The molecule has 0 saturated carbocycles. The largest absolute Gasteiger partial charge is 0.550 e. The maximum atomic E-state index is 11.8. The van der Waals surface area contributed by atoms with Gasteiger partial charge in [-0.15, -0.1) is 0 Å². The molecule has 0 heterocycles. The lowest BCUT2D eigenvalue weighted by Crippen LogP contribution is -2.24. The van der Waals surface area contributed by atoms with Gasteiger partial charge >= 0.3 is 5.97 Å². The van der Waals surface area contributed by atoms with Gasteiger partial charge in [-0.05, 0) is 28.9 Å². The summed E-state index contributed by atoms with van der Waals surface area (Å²) in [5, 5.41) is 10.4. The van der Waals surface area contributed by atoms with Crippen molar-refractivity contribution in [1.29, 1.82) is 0 Å². The highest BCUT2D eigenvalue weighted by Gasteiger charge is 2.24. The smallest absolute Gasteiger partial charge is 0.311 e. The SMILES string of the molecule is CC(C)(C)c1ccc(OC(=O)CCC(=O)[O-])c(C(C)(C)C)c1. The van der Waals surface area contributed by atoms with Crippen LogP contribution in [0.1, 0.15) is 65.5 Å². The highest BCUT2D eigenvalue weighted by molar-refractivity contribution is 5.77. The number of hydrogen-bond donors (Lipinski definition) is 0. The van der Waals surface area contributed by atoms with E-state index in [0.717, 1.165) is 11.1 Å². The first kappa shape index (κ1) is 18.2. The van der Waals surface area contributed by atoms with Gasteiger partial charge in [0, 0.05) is 11.5 Å². The predicted molar refractivity (Wildman–Crippen MR) is 83.7 cm³/mol. The Bertz CT molecular complexity index is 559. The van der Waals surface area contributed by atoms with Gasteiger partial charge in [0.1, 0.15) is 5.75 Å². The maximum Gasteiger partial charge on any atom is 0.311 e. The molecule has 4 heteroatoms. The summed E-state index contributed by atoms with van der Waals surface area (Å²) in [6, 6.07) is 5.79. The van der Waals surface area contributed by atoms with Crippen molar-refractivity contribution in [1.82, 2.24) is 0 Å². The molecular weight excluding hydrogens is 280 g/mol. The van der Waals surface area contributed by atoms with Crippen molar-refractivity contribution in [2.24, 2.45) is 0 Å². The molecule has 0 atom stereocenters. The highest BCUT2D eigenvalue weighted by atomic mass is 16.5. The predicted octanol–water partition coefficient (Wildman–Crippen LogP) is 2.72. The zero-order valence-corrected chi connectivity index (χ0v) is 14.3. The summed E-state index contributed by atoms with van der Waals surface area (Å²) >= 11 is 0. The molecule has 0 radical (unpaired) electrons. The molecule has 1 aromatic carbocycles. The molecule has 0 fully saturated rings. The number of carboxylic acids is 1. The van der Waals surface area contributed by atoms with Crippen LogP contribution >= 0.6 is 0 Å². The quantitative estimate of drug-likeness (QED) is 0.633. The van der Waals surface area contributed by atoms with Gasteiger partial charge < -0.3 is 14.6 Å². The van der Waals surface area contributed by atoms with Crippen LogP contribution in [-0.2, 0) is 20.4 Å². The van der Waals surface area contributed by atoms with Crippen molar-refractivity contribution in [3.05, 3.63) is 29.3 Å². The zero-order valence-electron chi connectivity index (χ0n) is 14.3. The molecule has 0 spiro atoms. The Hall–Kier alpha value is -1.84. The van der Waals surface area contributed by atoms with E-state index < -0.39 is 11.9 Å². The summed E-state index contributed by atoms with van der Waals surface area (Å²) in [6.45, 7) is 12.5. The van der Waals surface area contributed by atoms with Crippen LogP contribution < -0.4 is 9.84 Å². The van der Waals surface area contributed by atoms with E-state index in [1.807, 2.05) is 26.8 Å². The van der Waals surface area contributed by atoms with Gasteiger partial charge in [0.05, 0.1) is 6.42 Å². The molecule has 0 aliphatic rings. The third kappa shape index (κ3) is 5.17. The van der Waals surface area contributed by atoms with Crippen LogP contribution in [0, 0.1) is 0 Å². The Balaban J connectivity index is 3.09. The Labute approximate surface area is 132 Å². The molecular formula is C18H25O4-. The van der Waals surface area contributed by atoms with Gasteiger partial charge in [-0.1, -0.05) is 53.7 Å². The van der Waals surface area contributed by atoms with E-state index in [-0.39, 0.29) is 23.7 Å². The number of carboxylic acid groups (broad SMARTS) is 1. The number of hydrogen-bond acceptors (Lipinski definition) is 4. The van der Waals surface area contributed by atoms with Gasteiger partial charge in [0.2, 0.25) is 0 Å². The average Bonchev–Trinajstić information content (AvgIpc) is 2.34. The van der Waals surface area contributed by atoms with E-state index in [1.165, 1.54) is 0 Å². The third-order valence-corrected chi connectivity index (χ3v) is 3.41. The van der Waals surface area contributed by atoms with E-state index >= 15 is 0 Å². The first-order valence-corrected chi connectivity index (χ1v) is 7.47. The second-order valence-corrected chi connectivity index (χ2v) is 7.56. The summed E-state index contributed by atoms with van der Waals surface area (Å²) in [5.41, 5.74) is 1.90. The Kier molecular flexibility index (Phi) is 5.39. The first-order valence-electron chi connectivity index (χ1n) is 7.47. The Morgan fingerprint density at radius 2 is 1.59 bits per heavy atom. The molecule has 4 nitrogen and oxygen atoms in total. The van der Waals surface area contributed by atoms with Crippen molar-refractivity contribution in [2.75, 3.05) is 0 Å². The molecule has 1 aromatic rings. The zero-order chi connectivity index (χ0) is 17.1. The van der Waals surface area contributed by atoms with Crippen LogP contribution in [0.3, 0.4) is 0 Å². The van der Waals surface area contributed by atoms with Crippen LogP contribution in [0.15, 0.2) is 18.2 Å². The van der Waals surface area contributed by atoms with Gasteiger partial charge in [-0.3, -0.25) is 4.79 Å². The summed E-state index contributed by atoms with van der Waals surface area (Å²) in [7, 11) is 0. The standard InChI is InChI=1S/C18H26O4/c1-17(2,3)12-7-8-14(13(11-12)18(4,5)6)22-16(21)10-9-15(19)20/h7-8,11H,9-10H2,1-6H3,(H,19,20)/p-1. The number of esters is 1. The lowest BCUT2D eigenvalue weighted by Gasteiger charge is -2.26. The molecule has 0 unspecified atom stereocenters. The number of carbonyl (C=O) groups is 2. The molecule has 0 bridgehead atoms. The number of aliphatic carboxylic acids is 1. The topological polar surface area (TPSA) is 66.4 Å². The molecule has 0 saturated heterocycles. The Morgan fingerprint density at radius 1 is 1.00 bits per heavy atom. The lowest BCUT2D eigenvalue weighted by atomic mass is 9.80. The fourth-order valence-corrected chi connectivity index (χ4v) is 2.05.